The van der Waals surface area contributed by atoms with E-state index in [1.54, 1.807) is 34.8 Å². The molecule has 0 aliphatic carbocycles. The Labute approximate surface area is 156 Å². The molecule has 9 heteroatoms. The number of aryl methyl sites for hydroxylation is 1. The molecule has 0 spiro atoms. The van der Waals surface area contributed by atoms with E-state index in [-0.39, 0.29) is 24.2 Å². The molecule has 2 amide bonds. The van der Waals surface area contributed by atoms with Crippen molar-refractivity contribution in [2.45, 2.75) is 12.8 Å². The third-order valence-corrected chi connectivity index (χ3v) is 4.69. The molecule has 1 aliphatic heterocycles. The van der Waals surface area contributed by atoms with E-state index in [4.69, 9.17) is 16.3 Å². The topological polar surface area (TPSA) is 89.3 Å². The summed E-state index contributed by atoms with van der Waals surface area (Å²) in [6, 6.07) is 5.14. The van der Waals surface area contributed by atoms with Gasteiger partial charge in [-0.1, -0.05) is 11.6 Å². The highest BCUT2D eigenvalue weighted by molar-refractivity contribution is 6.32. The van der Waals surface area contributed by atoms with Crippen molar-refractivity contribution in [2.75, 3.05) is 25.1 Å². The van der Waals surface area contributed by atoms with E-state index >= 15 is 0 Å². The van der Waals surface area contributed by atoms with Crippen LogP contribution in [0.4, 0.5) is 5.69 Å². The Morgan fingerprint density at radius 2 is 2.27 bits per heavy atom. The molecular formula is C17H20ClN5O3. The van der Waals surface area contributed by atoms with Crippen LogP contribution in [0.25, 0.3) is 0 Å². The molecule has 2 heterocycles. The van der Waals surface area contributed by atoms with E-state index in [2.05, 4.69) is 15.4 Å². The summed E-state index contributed by atoms with van der Waals surface area (Å²) in [6.45, 7) is 0.779. The molecule has 0 radical (unpaired) electrons. The quantitative estimate of drug-likeness (QED) is 0.816. The second-order valence-electron chi connectivity index (χ2n) is 6.07. The number of carbonyl (C=O) groups is 2. The van der Waals surface area contributed by atoms with Crippen molar-refractivity contribution >= 4 is 29.1 Å². The van der Waals surface area contributed by atoms with Crippen LogP contribution in [0.1, 0.15) is 12.2 Å². The van der Waals surface area contributed by atoms with E-state index in [0.29, 0.717) is 36.0 Å². The van der Waals surface area contributed by atoms with Crippen molar-refractivity contribution in [2.24, 2.45) is 13.0 Å². The maximum absolute atomic E-state index is 12.4. The van der Waals surface area contributed by atoms with Crippen molar-refractivity contribution in [3.05, 3.63) is 35.4 Å². The van der Waals surface area contributed by atoms with Crippen molar-refractivity contribution < 1.29 is 14.3 Å². The zero-order valence-electron chi connectivity index (χ0n) is 14.6. The average molecular weight is 378 g/mol. The Morgan fingerprint density at radius 1 is 1.46 bits per heavy atom. The highest BCUT2D eigenvalue weighted by Gasteiger charge is 2.35. The Kier molecular flexibility index (Phi) is 5.41. The number of benzene rings is 1. The summed E-state index contributed by atoms with van der Waals surface area (Å²) in [5.74, 6) is 0.715. The zero-order valence-corrected chi connectivity index (χ0v) is 15.4. The first kappa shape index (κ1) is 18.2. The van der Waals surface area contributed by atoms with Crippen LogP contribution in [0, 0.1) is 5.92 Å². The van der Waals surface area contributed by atoms with Crippen molar-refractivity contribution in [1.82, 2.24) is 20.1 Å². The van der Waals surface area contributed by atoms with Gasteiger partial charge in [-0.15, -0.1) is 0 Å². The summed E-state index contributed by atoms with van der Waals surface area (Å²) >= 11 is 6.13. The van der Waals surface area contributed by atoms with Crippen LogP contribution < -0.4 is 15.0 Å². The van der Waals surface area contributed by atoms with Gasteiger partial charge in [-0.05, 0) is 18.2 Å². The first-order valence-electron chi connectivity index (χ1n) is 8.24. The molecule has 0 unspecified atom stereocenters. The molecule has 8 nitrogen and oxygen atoms in total. The van der Waals surface area contributed by atoms with Crippen LogP contribution in [-0.2, 0) is 23.1 Å². The summed E-state index contributed by atoms with van der Waals surface area (Å²) in [5.41, 5.74) is 0.662. The predicted molar refractivity (Wildman–Crippen MR) is 96.2 cm³/mol. The Hall–Kier alpha value is -2.61. The highest BCUT2D eigenvalue weighted by atomic mass is 35.5. The fraction of sp³-hybridized carbons (Fsp3) is 0.412. The summed E-state index contributed by atoms with van der Waals surface area (Å²) in [4.78, 5) is 30.4. The zero-order chi connectivity index (χ0) is 18.7. The first-order valence-corrected chi connectivity index (χ1v) is 8.62. The van der Waals surface area contributed by atoms with E-state index in [1.807, 2.05) is 0 Å². The number of nitrogens with one attached hydrogen (secondary N) is 1. The SMILES string of the molecule is COc1ccc(N2C[C@H](C(=O)NCCc3ncnn3C)CC2=O)cc1Cl. The summed E-state index contributed by atoms with van der Waals surface area (Å²) in [7, 11) is 3.33. The number of amides is 2. The summed E-state index contributed by atoms with van der Waals surface area (Å²) < 4.78 is 6.79. The van der Waals surface area contributed by atoms with Gasteiger partial charge in [-0.3, -0.25) is 14.3 Å². The number of aromatic nitrogens is 3. The average Bonchev–Trinajstić information content (AvgIpc) is 3.20. The fourth-order valence-electron chi connectivity index (χ4n) is 2.94. The molecule has 3 rings (SSSR count). The van der Waals surface area contributed by atoms with Crippen molar-refractivity contribution in [3.8, 4) is 5.75 Å². The molecule has 1 aliphatic rings. The number of carbonyl (C=O) groups excluding carboxylic acids is 2. The molecule has 0 saturated carbocycles. The highest BCUT2D eigenvalue weighted by Crippen LogP contribution is 2.32. The molecule has 0 bridgehead atoms. The van der Waals surface area contributed by atoms with Crippen LogP contribution in [0.3, 0.4) is 0 Å². The number of halogens is 1. The van der Waals surface area contributed by atoms with Gasteiger partial charge < -0.3 is 15.0 Å². The number of rotatable bonds is 6. The molecule has 1 saturated heterocycles. The normalized spacial score (nSPS) is 16.8. The molecule has 1 N–H and O–H groups in total. The maximum Gasteiger partial charge on any atom is 0.227 e. The van der Waals surface area contributed by atoms with Crippen molar-refractivity contribution in [3.63, 3.8) is 0 Å². The maximum atomic E-state index is 12.4. The number of methoxy groups -OCH3 is 1. The van der Waals surface area contributed by atoms with Gasteiger partial charge >= 0.3 is 0 Å². The smallest absolute Gasteiger partial charge is 0.227 e. The van der Waals surface area contributed by atoms with Crippen LogP contribution in [0.15, 0.2) is 24.5 Å². The molecule has 26 heavy (non-hydrogen) atoms. The molecule has 1 aromatic heterocycles. The molecule has 2 aromatic rings. The lowest BCUT2D eigenvalue weighted by Crippen LogP contribution is -2.34. The van der Waals surface area contributed by atoms with E-state index in [1.165, 1.54) is 13.4 Å². The van der Waals surface area contributed by atoms with E-state index in [9.17, 15) is 9.59 Å². The summed E-state index contributed by atoms with van der Waals surface area (Å²) in [6.07, 6.45) is 2.24. The Balaban J connectivity index is 1.57. The van der Waals surface area contributed by atoms with Crippen molar-refractivity contribution in [1.29, 1.82) is 0 Å². The van der Waals surface area contributed by atoms with Crippen LogP contribution >= 0.6 is 11.6 Å². The third-order valence-electron chi connectivity index (χ3n) is 4.40. The van der Waals surface area contributed by atoms with Gasteiger partial charge in [0.15, 0.2) is 0 Å². The van der Waals surface area contributed by atoms with Gasteiger partial charge in [0.2, 0.25) is 11.8 Å². The number of anilines is 1. The van der Waals surface area contributed by atoms with Gasteiger partial charge in [0.25, 0.3) is 0 Å². The van der Waals surface area contributed by atoms with Crippen LogP contribution in [0.5, 0.6) is 5.75 Å². The number of hydrogen-bond donors (Lipinski definition) is 1. The standard InChI is InChI=1S/C17H20ClN5O3/c1-22-15(20-10-21-22)5-6-19-17(25)11-7-16(24)23(9-11)12-3-4-14(26-2)13(18)8-12/h3-4,8,10-11H,5-7,9H2,1-2H3,(H,19,25)/t11-/m1/s1. The van der Waals surface area contributed by atoms with E-state index in [0.717, 1.165) is 5.82 Å². The van der Waals surface area contributed by atoms with Crippen LogP contribution in [0.2, 0.25) is 5.02 Å². The van der Waals surface area contributed by atoms with Gasteiger partial charge in [0, 0.05) is 38.7 Å². The largest absolute Gasteiger partial charge is 0.495 e. The molecular weight excluding hydrogens is 358 g/mol. The molecule has 138 valence electrons. The van der Waals surface area contributed by atoms with Gasteiger partial charge in [0.1, 0.15) is 17.9 Å². The minimum Gasteiger partial charge on any atom is -0.495 e. The number of ether oxygens (including phenoxy) is 1. The van der Waals surface area contributed by atoms with Crippen LogP contribution in [-0.4, -0.2) is 46.8 Å². The third kappa shape index (κ3) is 3.80. The second-order valence-corrected chi connectivity index (χ2v) is 6.47. The number of nitrogens with zero attached hydrogens (tertiary/aromatic N) is 4. The predicted octanol–water partition coefficient (Wildman–Crippen LogP) is 1.19. The van der Waals surface area contributed by atoms with Gasteiger partial charge in [-0.2, -0.15) is 5.10 Å². The fourth-order valence-corrected chi connectivity index (χ4v) is 3.20. The lowest BCUT2D eigenvalue weighted by molar-refractivity contribution is -0.126. The first-order chi connectivity index (χ1) is 12.5. The molecule has 1 fully saturated rings. The monoisotopic (exact) mass is 377 g/mol. The molecule has 1 atom stereocenters. The van der Waals surface area contributed by atoms with Gasteiger partial charge in [-0.25, -0.2) is 4.98 Å². The lowest BCUT2D eigenvalue weighted by Gasteiger charge is -2.17. The Morgan fingerprint density at radius 3 is 2.92 bits per heavy atom. The minimum atomic E-state index is -0.386. The lowest BCUT2D eigenvalue weighted by atomic mass is 10.1. The minimum absolute atomic E-state index is 0.0975. The molecule has 1 aromatic carbocycles. The Bertz CT molecular complexity index is 822. The van der Waals surface area contributed by atoms with E-state index < -0.39 is 0 Å². The number of hydrogen-bond acceptors (Lipinski definition) is 5. The summed E-state index contributed by atoms with van der Waals surface area (Å²) in [5, 5.41) is 7.28. The second kappa shape index (κ2) is 7.74. The van der Waals surface area contributed by atoms with Gasteiger partial charge in [0.05, 0.1) is 18.1 Å².